The summed E-state index contributed by atoms with van der Waals surface area (Å²) < 4.78 is 13.6. The van der Waals surface area contributed by atoms with E-state index < -0.39 is 5.60 Å². The summed E-state index contributed by atoms with van der Waals surface area (Å²) in [6, 6.07) is 7.51. The number of rotatable bonds is 4. The second-order valence-electron chi connectivity index (χ2n) is 6.20. The summed E-state index contributed by atoms with van der Waals surface area (Å²) in [6.07, 6.45) is 6.09. The minimum absolute atomic E-state index is 0.0830. The molecular weight excluding hydrogens is 241 g/mol. The van der Waals surface area contributed by atoms with Gasteiger partial charge in [-0.05, 0) is 43.2 Å². The molecule has 2 aliphatic carbocycles. The molecule has 0 heterocycles. The highest BCUT2D eigenvalue weighted by atomic mass is 19.1. The van der Waals surface area contributed by atoms with Crippen molar-refractivity contribution in [2.75, 3.05) is 6.54 Å². The van der Waals surface area contributed by atoms with Crippen LogP contribution in [-0.4, -0.2) is 23.3 Å². The summed E-state index contributed by atoms with van der Waals surface area (Å²) in [5.41, 5.74) is 0.364. The maximum absolute atomic E-state index is 13.6. The lowest BCUT2D eigenvalue weighted by Gasteiger charge is -2.38. The Bertz CT molecular complexity index is 436. The Morgan fingerprint density at radius 1 is 1.21 bits per heavy atom. The van der Waals surface area contributed by atoms with Crippen molar-refractivity contribution in [2.45, 2.75) is 56.1 Å². The second kappa shape index (κ2) is 5.22. The average molecular weight is 263 g/mol. The molecule has 0 atom stereocenters. The number of aliphatic hydroxyl groups is 1. The topological polar surface area (TPSA) is 32.3 Å². The fraction of sp³-hybridized carbons (Fsp3) is 0.625. The molecule has 0 spiro atoms. The van der Waals surface area contributed by atoms with Crippen LogP contribution in [0.25, 0.3) is 0 Å². The molecule has 0 unspecified atom stereocenters. The van der Waals surface area contributed by atoms with E-state index in [9.17, 15) is 9.50 Å². The number of nitrogens with one attached hydrogen (secondary N) is 1. The van der Waals surface area contributed by atoms with Crippen molar-refractivity contribution >= 4 is 0 Å². The molecule has 2 nitrogen and oxygen atoms in total. The first kappa shape index (κ1) is 13.1. The molecule has 0 amide bonds. The van der Waals surface area contributed by atoms with Crippen LogP contribution in [0.3, 0.4) is 0 Å². The third kappa shape index (κ3) is 2.82. The summed E-state index contributed by atoms with van der Waals surface area (Å²) >= 11 is 0. The standard InChI is InChI=1S/C16H22FNO/c17-15-6-2-1-5-14(15)12-9-13(10-12)18-11-16(19)7-3-4-8-16/h1-2,5-6,12-13,18-19H,3-4,7-11H2. The van der Waals surface area contributed by atoms with E-state index in [-0.39, 0.29) is 5.82 Å². The molecule has 0 bridgehead atoms. The summed E-state index contributed by atoms with van der Waals surface area (Å²) in [5, 5.41) is 13.7. The van der Waals surface area contributed by atoms with Gasteiger partial charge in [0.25, 0.3) is 0 Å². The summed E-state index contributed by atoms with van der Waals surface area (Å²) in [6.45, 7) is 0.696. The molecule has 104 valence electrons. The molecule has 2 saturated carbocycles. The van der Waals surface area contributed by atoms with Gasteiger partial charge in [-0.15, -0.1) is 0 Å². The van der Waals surface area contributed by atoms with Gasteiger partial charge in [-0.25, -0.2) is 4.39 Å². The van der Waals surface area contributed by atoms with E-state index in [4.69, 9.17) is 0 Å². The molecule has 2 fully saturated rings. The van der Waals surface area contributed by atoms with Crippen molar-refractivity contribution in [2.24, 2.45) is 0 Å². The first-order valence-electron chi connectivity index (χ1n) is 7.36. The zero-order valence-electron chi connectivity index (χ0n) is 11.2. The van der Waals surface area contributed by atoms with Crippen molar-refractivity contribution < 1.29 is 9.50 Å². The van der Waals surface area contributed by atoms with Gasteiger partial charge in [0.1, 0.15) is 5.82 Å². The van der Waals surface area contributed by atoms with Crippen LogP contribution in [-0.2, 0) is 0 Å². The van der Waals surface area contributed by atoms with E-state index in [2.05, 4.69) is 5.32 Å². The van der Waals surface area contributed by atoms with E-state index in [0.717, 1.165) is 44.1 Å². The van der Waals surface area contributed by atoms with E-state index >= 15 is 0 Å². The molecular formula is C16H22FNO. The van der Waals surface area contributed by atoms with Crippen LogP contribution in [0.4, 0.5) is 4.39 Å². The molecule has 0 saturated heterocycles. The Morgan fingerprint density at radius 2 is 1.89 bits per heavy atom. The molecule has 1 aromatic carbocycles. The number of benzene rings is 1. The highest BCUT2D eigenvalue weighted by molar-refractivity contribution is 5.24. The van der Waals surface area contributed by atoms with Crippen molar-refractivity contribution in [3.63, 3.8) is 0 Å². The maximum Gasteiger partial charge on any atom is 0.126 e. The smallest absolute Gasteiger partial charge is 0.126 e. The molecule has 3 heteroatoms. The summed E-state index contributed by atoms with van der Waals surface area (Å²) in [7, 11) is 0. The third-order valence-corrected chi connectivity index (χ3v) is 4.74. The Labute approximate surface area is 114 Å². The highest BCUT2D eigenvalue weighted by Gasteiger charge is 2.35. The van der Waals surface area contributed by atoms with Crippen LogP contribution < -0.4 is 5.32 Å². The van der Waals surface area contributed by atoms with Gasteiger partial charge in [0.05, 0.1) is 5.60 Å². The molecule has 2 aliphatic rings. The Hall–Kier alpha value is -0.930. The third-order valence-electron chi connectivity index (χ3n) is 4.74. The first-order chi connectivity index (χ1) is 9.16. The van der Waals surface area contributed by atoms with E-state index in [0.29, 0.717) is 18.5 Å². The average Bonchev–Trinajstić information content (AvgIpc) is 2.77. The minimum atomic E-state index is -0.483. The molecule has 0 radical (unpaired) electrons. The van der Waals surface area contributed by atoms with Gasteiger partial charge < -0.3 is 10.4 Å². The Morgan fingerprint density at radius 3 is 2.58 bits per heavy atom. The SMILES string of the molecule is OC1(CNC2CC(c3ccccc3F)C2)CCCC1. The minimum Gasteiger partial charge on any atom is -0.389 e. The fourth-order valence-corrected chi connectivity index (χ4v) is 3.39. The van der Waals surface area contributed by atoms with Crippen LogP contribution >= 0.6 is 0 Å². The quantitative estimate of drug-likeness (QED) is 0.875. The summed E-state index contributed by atoms with van der Waals surface area (Å²) in [4.78, 5) is 0. The fourth-order valence-electron chi connectivity index (χ4n) is 3.39. The molecule has 2 N–H and O–H groups in total. The van der Waals surface area contributed by atoms with Crippen molar-refractivity contribution in [3.05, 3.63) is 35.6 Å². The predicted octanol–water partition coefficient (Wildman–Crippen LogP) is 2.97. The van der Waals surface area contributed by atoms with Crippen LogP contribution in [0.5, 0.6) is 0 Å². The van der Waals surface area contributed by atoms with Crippen LogP contribution in [0, 0.1) is 5.82 Å². The monoisotopic (exact) mass is 263 g/mol. The number of hydrogen-bond donors (Lipinski definition) is 2. The van der Waals surface area contributed by atoms with Crippen molar-refractivity contribution in [3.8, 4) is 0 Å². The Balaban J connectivity index is 1.47. The molecule has 3 rings (SSSR count). The van der Waals surface area contributed by atoms with Crippen LogP contribution in [0.2, 0.25) is 0 Å². The molecule has 19 heavy (non-hydrogen) atoms. The number of halogens is 1. The molecule has 1 aromatic rings. The number of hydrogen-bond acceptors (Lipinski definition) is 2. The lowest BCUT2D eigenvalue weighted by atomic mass is 9.75. The lowest BCUT2D eigenvalue weighted by molar-refractivity contribution is 0.0404. The predicted molar refractivity (Wildman–Crippen MR) is 73.6 cm³/mol. The Kier molecular flexibility index (Phi) is 3.59. The maximum atomic E-state index is 13.6. The van der Waals surface area contributed by atoms with Gasteiger partial charge >= 0.3 is 0 Å². The molecule has 0 aliphatic heterocycles. The highest BCUT2D eigenvalue weighted by Crippen LogP contribution is 2.38. The largest absolute Gasteiger partial charge is 0.389 e. The van der Waals surface area contributed by atoms with Gasteiger partial charge in [-0.1, -0.05) is 31.0 Å². The van der Waals surface area contributed by atoms with Crippen LogP contribution in [0.1, 0.15) is 50.0 Å². The van der Waals surface area contributed by atoms with Gasteiger partial charge in [-0.2, -0.15) is 0 Å². The van der Waals surface area contributed by atoms with Crippen molar-refractivity contribution in [1.82, 2.24) is 5.32 Å². The van der Waals surface area contributed by atoms with Gasteiger partial charge in [0.2, 0.25) is 0 Å². The van der Waals surface area contributed by atoms with Crippen LogP contribution in [0.15, 0.2) is 24.3 Å². The van der Waals surface area contributed by atoms with Gasteiger partial charge in [0, 0.05) is 12.6 Å². The zero-order chi connectivity index (χ0) is 13.3. The normalized spacial score (nSPS) is 29.2. The van der Waals surface area contributed by atoms with E-state index in [1.165, 1.54) is 6.07 Å². The first-order valence-corrected chi connectivity index (χ1v) is 7.36. The molecule has 0 aromatic heterocycles. The second-order valence-corrected chi connectivity index (χ2v) is 6.20. The van der Waals surface area contributed by atoms with Gasteiger partial charge in [-0.3, -0.25) is 0 Å². The van der Waals surface area contributed by atoms with E-state index in [1.54, 1.807) is 6.07 Å². The summed E-state index contributed by atoms with van der Waals surface area (Å²) in [5.74, 6) is 0.261. The van der Waals surface area contributed by atoms with E-state index in [1.807, 2.05) is 12.1 Å². The van der Waals surface area contributed by atoms with Gasteiger partial charge in [0.15, 0.2) is 0 Å². The lowest BCUT2D eigenvalue weighted by Crippen LogP contribution is -2.47. The van der Waals surface area contributed by atoms with Crippen molar-refractivity contribution in [1.29, 1.82) is 0 Å². The zero-order valence-corrected chi connectivity index (χ0v) is 11.2.